The number of nitrogens with zero attached hydrogens (tertiary/aromatic N) is 1. The van der Waals surface area contributed by atoms with E-state index in [1.165, 1.54) is 4.90 Å². The largest absolute Gasteiger partial charge is 0.481 e. The summed E-state index contributed by atoms with van der Waals surface area (Å²) in [4.78, 5) is 39.1. The number of carbonyl (C=O) groups is 3. The molecule has 0 bridgehead atoms. The number of nitrogens with one attached hydrogen (secondary N) is 1. The molecule has 180 valence electrons. The molecule has 2 aromatic carbocycles. The summed E-state index contributed by atoms with van der Waals surface area (Å²) in [6.45, 7) is 5.79. The summed E-state index contributed by atoms with van der Waals surface area (Å²) >= 11 is 0. The smallest absolute Gasteiger partial charge is 0.408 e. The van der Waals surface area contributed by atoms with Crippen molar-refractivity contribution in [2.75, 3.05) is 13.2 Å². The maximum atomic E-state index is 13.5. The highest BCUT2D eigenvalue weighted by atomic mass is 16.5. The number of alkyl carbamates (subject to hydrolysis) is 1. The van der Waals surface area contributed by atoms with E-state index in [0.29, 0.717) is 6.54 Å². The van der Waals surface area contributed by atoms with Crippen LogP contribution in [0.4, 0.5) is 4.79 Å². The Kier molecular flexibility index (Phi) is 6.64. The van der Waals surface area contributed by atoms with Gasteiger partial charge in [-0.15, -0.1) is 0 Å². The van der Waals surface area contributed by atoms with Crippen LogP contribution in [0.25, 0.3) is 11.1 Å². The number of hydrogen-bond acceptors (Lipinski definition) is 4. The molecule has 0 heterocycles. The van der Waals surface area contributed by atoms with Crippen molar-refractivity contribution in [1.82, 2.24) is 10.2 Å². The van der Waals surface area contributed by atoms with Crippen molar-refractivity contribution in [3.63, 3.8) is 0 Å². The molecule has 4 rings (SSSR count). The first-order valence-electron chi connectivity index (χ1n) is 11.9. The van der Waals surface area contributed by atoms with E-state index in [4.69, 9.17) is 9.84 Å². The van der Waals surface area contributed by atoms with Gasteiger partial charge in [0.15, 0.2) is 0 Å². The average molecular weight is 465 g/mol. The molecule has 2 aromatic rings. The summed E-state index contributed by atoms with van der Waals surface area (Å²) in [5.74, 6) is -1.29. The van der Waals surface area contributed by atoms with Crippen LogP contribution in [0.15, 0.2) is 48.5 Å². The summed E-state index contributed by atoms with van der Waals surface area (Å²) in [6.07, 6.45) is 0.880. The van der Waals surface area contributed by atoms with Crippen LogP contribution in [-0.2, 0) is 14.3 Å². The van der Waals surface area contributed by atoms with Crippen LogP contribution in [0.2, 0.25) is 0 Å². The Hall–Kier alpha value is -3.35. The Balaban J connectivity index is 1.47. The van der Waals surface area contributed by atoms with E-state index in [1.807, 2.05) is 31.2 Å². The van der Waals surface area contributed by atoms with Gasteiger partial charge in [-0.05, 0) is 61.8 Å². The average Bonchev–Trinajstić information content (AvgIpc) is 3.61. The molecule has 2 amide bonds. The molecule has 0 radical (unpaired) electrons. The van der Waals surface area contributed by atoms with Gasteiger partial charge in [0.05, 0.1) is 6.42 Å². The van der Waals surface area contributed by atoms with E-state index in [1.54, 1.807) is 13.8 Å². The van der Waals surface area contributed by atoms with Crippen molar-refractivity contribution in [2.24, 2.45) is 5.92 Å². The van der Waals surface area contributed by atoms with Gasteiger partial charge in [0.2, 0.25) is 5.91 Å². The predicted molar refractivity (Wildman–Crippen MR) is 128 cm³/mol. The maximum absolute atomic E-state index is 13.5. The summed E-state index contributed by atoms with van der Waals surface area (Å²) in [5, 5.41) is 12.0. The van der Waals surface area contributed by atoms with E-state index in [9.17, 15) is 14.4 Å². The molecule has 2 aliphatic carbocycles. The second-order valence-corrected chi connectivity index (χ2v) is 9.47. The molecular weight excluding hydrogens is 432 g/mol. The molecule has 2 unspecified atom stereocenters. The maximum Gasteiger partial charge on any atom is 0.408 e. The minimum atomic E-state index is -1.13. The lowest BCUT2D eigenvalue weighted by Gasteiger charge is -2.37. The second-order valence-electron chi connectivity index (χ2n) is 9.47. The normalized spacial score (nSPS) is 17.1. The van der Waals surface area contributed by atoms with E-state index in [0.717, 1.165) is 35.1 Å². The number of carbonyl (C=O) groups excluding carboxylic acids is 2. The third-order valence-corrected chi connectivity index (χ3v) is 7.15. The van der Waals surface area contributed by atoms with Crippen LogP contribution in [-0.4, -0.2) is 52.7 Å². The van der Waals surface area contributed by atoms with Crippen molar-refractivity contribution >= 4 is 18.0 Å². The third-order valence-electron chi connectivity index (χ3n) is 7.15. The Morgan fingerprint density at radius 2 is 1.65 bits per heavy atom. The van der Waals surface area contributed by atoms with Gasteiger partial charge in [0.25, 0.3) is 0 Å². The predicted octanol–water partition coefficient (Wildman–Crippen LogP) is 4.41. The van der Waals surface area contributed by atoms with Crippen LogP contribution in [0.1, 0.15) is 57.1 Å². The van der Waals surface area contributed by atoms with Crippen molar-refractivity contribution in [3.8, 4) is 11.1 Å². The Morgan fingerprint density at radius 3 is 2.15 bits per heavy atom. The number of amides is 2. The molecule has 0 saturated heterocycles. The molecule has 2 aliphatic rings. The van der Waals surface area contributed by atoms with Crippen molar-refractivity contribution in [3.05, 3.63) is 59.7 Å². The standard InChI is InChI=1S/C27H32N2O5/c1-4-29(17(2)15-24(30)31)25(32)27(3,18-13-14-18)28-26(33)34-16-23-21-11-7-5-9-19(21)20-10-6-8-12-22(20)23/h5-12,17-18,23H,4,13-16H2,1-3H3,(H,28,33)(H,30,31). The first-order valence-corrected chi connectivity index (χ1v) is 11.9. The number of carboxylic acid groups (broad SMARTS) is 1. The first kappa shape index (κ1) is 23.8. The number of fused-ring (bicyclic) bond motifs is 3. The molecule has 1 fully saturated rings. The first-order chi connectivity index (χ1) is 16.3. The Labute approximate surface area is 200 Å². The number of benzene rings is 2. The number of ether oxygens (including phenoxy) is 1. The zero-order valence-electron chi connectivity index (χ0n) is 19.9. The van der Waals surface area contributed by atoms with Gasteiger partial charge in [0.1, 0.15) is 12.1 Å². The third kappa shape index (κ3) is 4.52. The van der Waals surface area contributed by atoms with Crippen LogP contribution < -0.4 is 5.32 Å². The van der Waals surface area contributed by atoms with Crippen LogP contribution in [0, 0.1) is 5.92 Å². The van der Waals surface area contributed by atoms with Gasteiger partial charge in [-0.3, -0.25) is 9.59 Å². The van der Waals surface area contributed by atoms with Crippen molar-refractivity contribution in [1.29, 1.82) is 0 Å². The molecular formula is C27H32N2O5. The number of hydrogen-bond donors (Lipinski definition) is 2. The van der Waals surface area contributed by atoms with Crippen molar-refractivity contribution < 1.29 is 24.2 Å². The fraction of sp³-hybridized carbons (Fsp3) is 0.444. The fourth-order valence-corrected chi connectivity index (χ4v) is 5.15. The van der Waals surface area contributed by atoms with Gasteiger partial charge in [-0.1, -0.05) is 48.5 Å². The summed E-state index contributed by atoms with van der Waals surface area (Å²) < 4.78 is 5.69. The van der Waals surface area contributed by atoms with Gasteiger partial charge < -0.3 is 20.1 Å². The van der Waals surface area contributed by atoms with Crippen LogP contribution in [0.5, 0.6) is 0 Å². The van der Waals surface area contributed by atoms with E-state index < -0.39 is 23.6 Å². The summed E-state index contributed by atoms with van der Waals surface area (Å²) in [6, 6.07) is 15.8. The zero-order chi connectivity index (χ0) is 24.5. The molecule has 2 atom stereocenters. The molecule has 34 heavy (non-hydrogen) atoms. The van der Waals surface area contributed by atoms with Crippen molar-refractivity contribution in [2.45, 2.75) is 57.5 Å². The topological polar surface area (TPSA) is 95.9 Å². The number of carboxylic acids is 1. The fourth-order valence-electron chi connectivity index (χ4n) is 5.15. The molecule has 0 spiro atoms. The Bertz CT molecular complexity index is 1050. The van der Waals surface area contributed by atoms with Gasteiger partial charge >= 0.3 is 12.1 Å². The highest BCUT2D eigenvalue weighted by Gasteiger charge is 2.51. The molecule has 0 aliphatic heterocycles. The van der Waals surface area contributed by atoms with Gasteiger partial charge in [-0.2, -0.15) is 0 Å². The lowest BCUT2D eigenvalue weighted by Crippen LogP contribution is -2.61. The van der Waals surface area contributed by atoms with E-state index in [-0.39, 0.29) is 30.8 Å². The highest BCUT2D eigenvalue weighted by molar-refractivity contribution is 5.91. The minimum absolute atomic E-state index is 0.00607. The molecule has 0 aromatic heterocycles. The van der Waals surface area contributed by atoms with Gasteiger partial charge in [-0.25, -0.2) is 4.79 Å². The van der Waals surface area contributed by atoms with Crippen LogP contribution in [0.3, 0.4) is 0 Å². The summed E-state index contributed by atoms with van der Waals surface area (Å²) in [5.41, 5.74) is 3.41. The Morgan fingerprint density at radius 1 is 1.09 bits per heavy atom. The lowest BCUT2D eigenvalue weighted by atomic mass is 9.93. The highest BCUT2D eigenvalue weighted by Crippen LogP contribution is 2.45. The molecule has 2 N–H and O–H groups in total. The monoisotopic (exact) mass is 464 g/mol. The van der Waals surface area contributed by atoms with E-state index >= 15 is 0 Å². The molecule has 1 saturated carbocycles. The van der Waals surface area contributed by atoms with Crippen LogP contribution >= 0.6 is 0 Å². The number of likely N-dealkylation sites (N-methyl/N-ethyl adjacent to an activating group) is 1. The second kappa shape index (κ2) is 9.49. The minimum Gasteiger partial charge on any atom is -0.481 e. The quantitative estimate of drug-likeness (QED) is 0.573. The lowest BCUT2D eigenvalue weighted by molar-refractivity contribution is -0.143. The SMILES string of the molecule is CCN(C(=O)C(C)(NC(=O)OCC1c2ccccc2-c2ccccc21)C1CC1)C(C)CC(=O)O. The van der Waals surface area contributed by atoms with E-state index in [2.05, 4.69) is 29.6 Å². The number of rotatable bonds is 9. The summed E-state index contributed by atoms with van der Waals surface area (Å²) in [7, 11) is 0. The molecule has 7 heteroatoms. The zero-order valence-corrected chi connectivity index (χ0v) is 19.9. The number of aliphatic carboxylic acids is 1. The van der Waals surface area contributed by atoms with Gasteiger partial charge in [0, 0.05) is 18.5 Å². The molecule has 7 nitrogen and oxygen atoms in total.